The van der Waals surface area contributed by atoms with E-state index < -0.39 is 34.3 Å². The molecule has 1 heterocycles. The minimum absolute atomic E-state index is 0.0196. The van der Waals surface area contributed by atoms with E-state index in [-0.39, 0.29) is 19.4 Å². The van der Waals surface area contributed by atoms with Crippen molar-refractivity contribution in [3.63, 3.8) is 0 Å². The second kappa shape index (κ2) is 7.90. The number of hydrogen-bond acceptors (Lipinski definition) is 4. The summed E-state index contributed by atoms with van der Waals surface area (Å²) in [6, 6.07) is 12.3. The first-order valence-electron chi connectivity index (χ1n) is 8.71. The highest BCUT2D eigenvalue weighted by molar-refractivity contribution is 7.88. The molecule has 146 valence electrons. The molecule has 0 aliphatic heterocycles. The molecule has 2 atom stereocenters. The summed E-state index contributed by atoms with van der Waals surface area (Å²) in [7, 11) is -3.47. The van der Waals surface area contributed by atoms with Crippen LogP contribution in [0.3, 0.4) is 0 Å². The number of alkyl halides is 2. The van der Waals surface area contributed by atoms with Gasteiger partial charge in [-0.1, -0.05) is 6.07 Å². The van der Waals surface area contributed by atoms with Crippen molar-refractivity contribution in [3.05, 3.63) is 48.7 Å². The van der Waals surface area contributed by atoms with E-state index >= 15 is 0 Å². The lowest BCUT2D eigenvalue weighted by atomic mass is 9.83. The van der Waals surface area contributed by atoms with Gasteiger partial charge in [0.25, 0.3) is 0 Å². The van der Waals surface area contributed by atoms with E-state index in [2.05, 4.69) is 9.71 Å². The fourth-order valence-electron chi connectivity index (χ4n) is 3.29. The molecular formula is C19H22F2N2O3S. The number of rotatable bonds is 6. The Morgan fingerprint density at radius 1 is 1.22 bits per heavy atom. The maximum atomic E-state index is 13.8. The lowest BCUT2D eigenvalue weighted by Crippen LogP contribution is -2.48. The smallest absolute Gasteiger partial charge is 0.248 e. The lowest BCUT2D eigenvalue weighted by Gasteiger charge is -2.35. The van der Waals surface area contributed by atoms with Crippen LogP contribution in [0.15, 0.2) is 48.7 Å². The van der Waals surface area contributed by atoms with Crippen molar-refractivity contribution >= 4 is 10.0 Å². The zero-order valence-corrected chi connectivity index (χ0v) is 15.8. The summed E-state index contributed by atoms with van der Waals surface area (Å²) in [5.41, 5.74) is 1.75. The number of benzene rings is 1. The average Bonchev–Trinajstić information content (AvgIpc) is 2.62. The van der Waals surface area contributed by atoms with Crippen LogP contribution in [-0.4, -0.2) is 38.2 Å². The first kappa shape index (κ1) is 19.7. The molecule has 2 aromatic rings. The van der Waals surface area contributed by atoms with Crippen LogP contribution in [0.1, 0.15) is 19.3 Å². The van der Waals surface area contributed by atoms with Crippen LogP contribution in [0, 0.1) is 5.92 Å². The van der Waals surface area contributed by atoms with E-state index in [1.54, 1.807) is 18.3 Å². The number of nitrogens with one attached hydrogen (secondary N) is 1. The molecule has 1 aliphatic rings. The van der Waals surface area contributed by atoms with Gasteiger partial charge >= 0.3 is 0 Å². The van der Waals surface area contributed by atoms with Crippen molar-refractivity contribution in [2.75, 3.05) is 12.9 Å². The van der Waals surface area contributed by atoms with Crippen molar-refractivity contribution in [1.82, 2.24) is 9.71 Å². The van der Waals surface area contributed by atoms with Crippen LogP contribution >= 0.6 is 0 Å². The van der Waals surface area contributed by atoms with Crippen LogP contribution in [0.5, 0.6) is 5.75 Å². The topological polar surface area (TPSA) is 68.3 Å². The quantitative estimate of drug-likeness (QED) is 0.812. The summed E-state index contributed by atoms with van der Waals surface area (Å²) < 4.78 is 58.7. The van der Waals surface area contributed by atoms with E-state index in [0.717, 1.165) is 17.5 Å². The van der Waals surface area contributed by atoms with Crippen molar-refractivity contribution in [2.24, 2.45) is 5.92 Å². The van der Waals surface area contributed by atoms with Crippen LogP contribution in [0.2, 0.25) is 0 Å². The Kier molecular flexibility index (Phi) is 5.76. The van der Waals surface area contributed by atoms with Crippen molar-refractivity contribution in [3.8, 4) is 17.0 Å². The zero-order chi connectivity index (χ0) is 19.5. The number of nitrogens with zero attached hydrogens (tertiary/aromatic N) is 1. The van der Waals surface area contributed by atoms with E-state index in [9.17, 15) is 17.2 Å². The standard InChI is InChI=1S/C19H22F2N2O3S/c1-27(24,25)23-18-9-10-19(20,21)12-15(18)13-26-16-7-5-14(6-8-16)17-4-2-3-11-22-17/h2-8,11,15,18,23H,9-10,12-13H2,1H3. The number of sulfonamides is 1. The molecule has 2 unspecified atom stereocenters. The summed E-state index contributed by atoms with van der Waals surface area (Å²) in [4.78, 5) is 4.27. The molecular weight excluding hydrogens is 374 g/mol. The van der Waals surface area contributed by atoms with Crippen LogP contribution < -0.4 is 9.46 Å². The molecule has 1 fully saturated rings. The molecule has 1 aliphatic carbocycles. The maximum Gasteiger partial charge on any atom is 0.248 e. The average molecular weight is 396 g/mol. The van der Waals surface area contributed by atoms with Gasteiger partial charge in [-0.15, -0.1) is 0 Å². The third kappa shape index (κ3) is 5.71. The number of halogens is 2. The Balaban J connectivity index is 1.65. The fourth-order valence-corrected chi connectivity index (χ4v) is 4.15. The molecule has 5 nitrogen and oxygen atoms in total. The molecule has 27 heavy (non-hydrogen) atoms. The minimum Gasteiger partial charge on any atom is -0.493 e. The van der Waals surface area contributed by atoms with Gasteiger partial charge in [0.15, 0.2) is 0 Å². The molecule has 0 radical (unpaired) electrons. The number of pyridine rings is 1. The number of hydrogen-bond donors (Lipinski definition) is 1. The van der Waals surface area contributed by atoms with Crippen LogP contribution in [-0.2, 0) is 10.0 Å². The molecule has 1 aromatic carbocycles. The summed E-state index contributed by atoms with van der Waals surface area (Å²) in [5, 5.41) is 0. The number of aromatic nitrogens is 1. The van der Waals surface area contributed by atoms with E-state index in [0.29, 0.717) is 5.75 Å². The molecule has 1 saturated carbocycles. The molecule has 1 N–H and O–H groups in total. The van der Waals surface area contributed by atoms with Gasteiger partial charge < -0.3 is 4.74 Å². The first-order chi connectivity index (χ1) is 12.7. The third-order valence-corrected chi connectivity index (χ3v) is 5.33. The second-order valence-corrected chi connectivity index (χ2v) is 8.69. The van der Waals surface area contributed by atoms with Gasteiger partial charge in [0.05, 0.1) is 18.6 Å². The molecule has 0 bridgehead atoms. The molecule has 0 spiro atoms. The summed E-state index contributed by atoms with van der Waals surface area (Å²) >= 11 is 0. The lowest BCUT2D eigenvalue weighted by molar-refractivity contribution is -0.0660. The summed E-state index contributed by atoms with van der Waals surface area (Å²) in [6.07, 6.45) is 2.11. The van der Waals surface area contributed by atoms with Crippen molar-refractivity contribution in [1.29, 1.82) is 0 Å². The Morgan fingerprint density at radius 2 is 1.96 bits per heavy atom. The summed E-state index contributed by atoms with van der Waals surface area (Å²) in [6.45, 7) is 0.0196. The SMILES string of the molecule is CS(=O)(=O)NC1CCC(F)(F)CC1COc1ccc(-c2ccccn2)cc1. The summed E-state index contributed by atoms with van der Waals surface area (Å²) in [5.74, 6) is -2.85. The fraction of sp³-hybridized carbons (Fsp3) is 0.421. The van der Waals surface area contributed by atoms with E-state index in [1.807, 2.05) is 30.3 Å². The van der Waals surface area contributed by atoms with Crippen LogP contribution in [0.4, 0.5) is 8.78 Å². The predicted molar refractivity (Wildman–Crippen MR) is 99.2 cm³/mol. The number of ether oxygens (including phenoxy) is 1. The zero-order valence-electron chi connectivity index (χ0n) is 14.9. The first-order valence-corrected chi connectivity index (χ1v) is 10.6. The van der Waals surface area contributed by atoms with Gasteiger partial charge in [0, 0.05) is 36.6 Å². The predicted octanol–water partition coefficient (Wildman–Crippen LogP) is 3.48. The van der Waals surface area contributed by atoms with Gasteiger partial charge in [-0.25, -0.2) is 21.9 Å². The maximum absolute atomic E-state index is 13.8. The van der Waals surface area contributed by atoms with E-state index in [1.165, 1.54) is 0 Å². The largest absolute Gasteiger partial charge is 0.493 e. The minimum atomic E-state index is -3.47. The van der Waals surface area contributed by atoms with Crippen molar-refractivity contribution in [2.45, 2.75) is 31.2 Å². The molecule has 0 saturated heterocycles. The van der Waals surface area contributed by atoms with Gasteiger partial charge in [0.1, 0.15) is 5.75 Å². The Morgan fingerprint density at radius 3 is 2.59 bits per heavy atom. The molecule has 3 rings (SSSR count). The van der Waals surface area contributed by atoms with Gasteiger partial charge in [-0.2, -0.15) is 0 Å². The highest BCUT2D eigenvalue weighted by Crippen LogP contribution is 2.37. The highest BCUT2D eigenvalue weighted by atomic mass is 32.2. The monoisotopic (exact) mass is 396 g/mol. The third-order valence-electron chi connectivity index (χ3n) is 4.60. The van der Waals surface area contributed by atoms with Crippen LogP contribution in [0.25, 0.3) is 11.3 Å². The Labute approximate surface area is 157 Å². The van der Waals surface area contributed by atoms with Gasteiger partial charge in [0.2, 0.25) is 15.9 Å². The van der Waals surface area contributed by atoms with Gasteiger partial charge in [-0.3, -0.25) is 4.98 Å². The second-order valence-electron chi connectivity index (χ2n) is 6.91. The van der Waals surface area contributed by atoms with Gasteiger partial charge in [-0.05, 0) is 42.8 Å². The molecule has 1 aromatic heterocycles. The van der Waals surface area contributed by atoms with Crippen molar-refractivity contribution < 1.29 is 21.9 Å². The highest BCUT2D eigenvalue weighted by Gasteiger charge is 2.42. The Bertz CT molecular complexity index is 858. The molecule has 0 amide bonds. The normalized spacial score (nSPS) is 22.3. The van der Waals surface area contributed by atoms with E-state index in [4.69, 9.17) is 4.74 Å². The molecule has 8 heteroatoms. The Hall–Kier alpha value is -2.06.